The lowest BCUT2D eigenvalue weighted by Gasteiger charge is -2.34. The molecule has 0 bridgehead atoms. The first-order valence-electron chi connectivity index (χ1n) is 14.4. The molecule has 0 unspecified atom stereocenters. The number of hydrogen-bond acceptors (Lipinski definition) is 5. The number of rotatable bonds is 11. The molecule has 9 heteroatoms. The van der Waals surface area contributed by atoms with E-state index in [1.165, 1.54) is 5.56 Å². The highest BCUT2D eigenvalue weighted by molar-refractivity contribution is 5.88. The summed E-state index contributed by atoms with van der Waals surface area (Å²) in [5, 5.41) is 5.94. The smallest absolute Gasteiger partial charge is 0.243 e. The minimum atomic E-state index is -0.789. The maximum Gasteiger partial charge on any atom is 0.243 e. The molecule has 0 radical (unpaired) electrons. The molecule has 3 amide bonds. The average molecular weight is 538 g/mol. The van der Waals surface area contributed by atoms with Crippen molar-refractivity contribution in [1.82, 2.24) is 25.5 Å². The Morgan fingerprint density at radius 3 is 2.62 bits per heavy atom. The second-order valence-corrected chi connectivity index (χ2v) is 11.0. The van der Waals surface area contributed by atoms with E-state index in [0.717, 1.165) is 50.8 Å². The minimum absolute atomic E-state index is 0.0447. The van der Waals surface area contributed by atoms with Crippen molar-refractivity contribution in [3.05, 3.63) is 53.6 Å². The van der Waals surface area contributed by atoms with E-state index in [9.17, 15) is 14.4 Å². The van der Waals surface area contributed by atoms with E-state index in [1.54, 1.807) is 6.20 Å². The Balaban J connectivity index is 1.36. The number of nitrogens with zero attached hydrogens (tertiary/aromatic N) is 2. The number of amides is 3. The Bertz CT molecular complexity index is 1080. The topological polar surface area (TPSA) is 116 Å². The molecule has 4 rings (SSSR count). The molecule has 39 heavy (non-hydrogen) atoms. The highest BCUT2D eigenvalue weighted by atomic mass is 16.5. The number of ether oxygens (including phenoxy) is 1. The fraction of sp³-hybridized carbons (Fsp3) is 0.600. The summed E-state index contributed by atoms with van der Waals surface area (Å²) in [6.07, 6.45) is 8.18. The van der Waals surface area contributed by atoms with Crippen molar-refractivity contribution in [3.8, 4) is 0 Å². The van der Waals surface area contributed by atoms with Gasteiger partial charge in [0.1, 0.15) is 11.9 Å². The molecule has 212 valence electrons. The lowest BCUT2D eigenvalue weighted by molar-refractivity contribution is -0.135. The number of nitrogens with one attached hydrogen (secondary N) is 3. The van der Waals surface area contributed by atoms with Crippen molar-refractivity contribution in [2.24, 2.45) is 5.92 Å². The molecule has 0 spiro atoms. The van der Waals surface area contributed by atoms with Gasteiger partial charge in [0, 0.05) is 57.0 Å². The first-order valence-corrected chi connectivity index (χ1v) is 14.4. The van der Waals surface area contributed by atoms with Gasteiger partial charge in [-0.3, -0.25) is 14.4 Å². The monoisotopic (exact) mass is 537 g/mol. The standard InChI is InChI=1S/C30H43N5O4/c1-21-8-6-7-15-35(21)28(37)12-11-26(34-27(36)19-24-13-16-39-17-14-24)30(38)32-22(2)29-31-20-25(33-29)18-23-9-4-3-5-10-23/h3-5,9-10,20-22,24,26H,6-8,11-19H2,1-2H3,(H,31,33)(H,32,38)(H,34,36)/t21-,22-,26-/m0/s1. The number of likely N-dealkylation sites (tertiary alicyclic amines) is 1. The largest absolute Gasteiger partial charge is 0.381 e. The molecule has 0 saturated carbocycles. The first-order chi connectivity index (χ1) is 18.9. The third-order valence-corrected chi connectivity index (χ3v) is 7.89. The molecule has 9 nitrogen and oxygen atoms in total. The van der Waals surface area contributed by atoms with Crippen LogP contribution in [0.25, 0.3) is 0 Å². The SMILES string of the molecule is C[C@H](NC(=O)[C@H](CCC(=O)N1CCCC[C@@H]1C)NC(=O)CC1CCOCC1)c1ncc(Cc2ccccc2)[nH]1. The van der Waals surface area contributed by atoms with Crippen LogP contribution in [0.3, 0.4) is 0 Å². The van der Waals surface area contributed by atoms with Gasteiger partial charge in [-0.2, -0.15) is 0 Å². The van der Waals surface area contributed by atoms with Gasteiger partial charge in [-0.25, -0.2) is 4.98 Å². The molecule has 2 fully saturated rings. The second-order valence-electron chi connectivity index (χ2n) is 11.0. The maximum absolute atomic E-state index is 13.4. The summed E-state index contributed by atoms with van der Waals surface area (Å²) < 4.78 is 5.41. The summed E-state index contributed by atoms with van der Waals surface area (Å²) in [5.41, 5.74) is 2.13. The van der Waals surface area contributed by atoms with Crippen LogP contribution in [0.15, 0.2) is 36.5 Å². The van der Waals surface area contributed by atoms with Crippen molar-refractivity contribution >= 4 is 17.7 Å². The lowest BCUT2D eigenvalue weighted by Crippen LogP contribution is -2.49. The molecule has 3 heterocycles. The molecule has 2 saturated heterocycles. The van der Waals surface area contributed by atoms with Gasteiger partial charge in [0.05, 0.1) is 6.04 Å². The lowest BCUT2D eigenvalue weighted by atomic mass is 9.96. The number of carbonyl (C=O) groups is 3. The Hall–Kier alpha value is -3.20. The molecule has 0 aliphatic carbocycles. The molecule has 2 aromatic rings. The number of imidazole rings is 1. The number of piperidine rings is 1. The van der Waals surface area contributed by atoms with Gasteiger partial charge in [0.25, 0.3) is 0 Å². The Kier molecular flexibility index (Phi) is 10.5. The Morgan fingerprint density at radius 1 is 1.10 bits per heavy atom. The zero-order valence-electron chi connectivity index (χ0n) is 23.3. The predicted molar refractivity (Wildman–Crippen MR) is 149 cm³/mol. The van der Waals surface area contributed by atoms with Gasteiger partial charge in [-0.05, 0) is 63.9 Å². The van der Waals surface area contributed by atoms with E-state index < -0.39 is 6.04 Å². The summed E-state index contributed by atoms with van der Waals surface area (Å²) in [6.45, 7) is 6.03. The van der Waals surface area contributed by atoms with Crippen LogP contribution in [0.1, 0.15) is 88.3 Å². The summed E-state index contributed by atoms with van der Waals surface area (Å²) >= 11 is 0. The van der Waals surface area contributed by atoms with Crippen molar-refractivity contribution < 1.29 is 19.1 Å². The molecule has 1 aromatic carbocycles. The van der Waals surface area contributed by atoms with E-state index >= 15 is 0 Å². The number of aromatic amines is 1. The third kappa shape index (κ3) is 8.65. The van der Waals surface area contributed by atoms with E-state index in [0.29, 0.717) is 25.5 Å². The fourth-order valence-corrected chi connectivity index (χ4v) is 5.50. The van der Waals surface area contributed by atoms with Gasteiger partial charge < -0.3 is 25.3 Å². The molecular formula is C30H43N5O4. The van der Waals surface area contributed by atoms with E-state index in [4.69, 9.17) is 4.74 Å². The molecule has 1 aromatic heterocycles. The number of hydrogen-bond donors (Lipinski definition) is 3. The Labute approximate surface area is 231 Å². The van der Waals surface area contributed by atoms with Crippen LogP contribution in [-0.4, -0.2) is 64.4 Å². The second kappa shape index (κ2) is 14.3. The van der Waals surface area contributed by atoms with Crippen LogP contribution in [0.2, 0.25) is 0 Å². The maximum atomic E-state index is 13.4. The highest BCUT2D eigenvalue weighted by Gasteiger charge is 2.28. The fourth-order valence-electron chi connectivity index (χ4n) is 5.50. The van der Waals surface area contributed by atoms with Crippen molar-refractivity contribution in [3.63, 3.8) is 0 Å². The van der Waals surface area contributed by atoms with Crippen LogP contribution in [-0.2, 0) is 25.5 Å². The van der Waals surface area contributed by atoms with Crippen LogP contribution in [0, 0.1) is 5.92 Å². The zero-order valence-corrected chi connectivity index (χ0v) is 23.3. The van der Waals surface area contributed by atoms with Crippen LogP contribution >= 0.6 is 0 Å². The molecule has 3 N–H and O–H groups in total. The van der Waals surface area contributed by atoms with Gasteiger partial charge in [-0.15, -0.1) is 0 Å². The number of carbonyl (C=O) groups excluding carboxylic acids is 3. The van der Waals surface area contributed by atoms with Gasteiger partial charge in [-0.1, -0.05) is 30.3 Å². The van der Waals surface area contributed by atoms with Gasteiger partial charge >= 0.3 is 0 Å². The van der Waals surface area contributed by atoms with Crippen LogP contribution in [0.4, 0.5) is 0 Å². The molecule has 3 atom stereocenters. The number of aromatic nitrogens is 2. The van der Waals surface area contributed by atoms with Crippen molar-refractivity contribution in [2.45, 2.75) is 89.8 Å². The van der Waals surface area contributed by atoms with Crippen LogP contribution in [0.5, 0.6) is 0 Å². The average Bonchev–Trinajstić information content (AvgIpc) is 3.41. The zero-order chi connectivity index (χ0) is 27.6. The Morgan fingerprint density at radius 2 is 1.87 bits per heavy atom. The molecule has 2 aliphatic rings. The minimum Gasteiger partial charge on any atom is -0.381 e. The van der Waals surface area contributed by atoms with Crippen LogP contribution < -0.4 is 10.6 Å². The summed E-state index contributed by atoms with van der Waals surface area (Å²) in [5.74, 6) is 0.492. The molecule has 2 aliphatic heterocycles. The van der Waals surface area contributed by atoms with Gasteiger partial charge in [0.15, 0.2) is 0 Å². The van der Waals surface area contributed by atoms with Crippen molar-refractivity contribution in [1.29, 1.82) is 0 Å². The quantitative estimate of drug-likeness (QED) is 0.405. The highest BCUT2D eigenvalue weighted by Crippen LogP contribution is 2.20. The first kappa shape index (κ1) is 28.8. The van der Waals surface area contributed by atoms with E-state index in [1.807, 2.05) is 30.0 Å². The number of H-pyrrole nitrogens is 1. The van der Waals surface area contributed by atoms with E-state index in [-0.39, 0.29) is 48.6 Å². The third-order valence-electron chi connectivity index (χ3n) is 7.89. The summed E-state index contributed by atoms with van der Waals surface area (Å²) in [7, 11) is 0. The predicted octanol–water partition coefficient (Wildman–Crippen LogP) is 3.66. The van der Waals surface area contributed by atoms with E-state index in [2.05, 4.69) is 39.7 Å². The summed E-state index contributed by atoms with van der Waals surface area (Å²) in [6, 6.07) is 9.16. The summed E-state index contributed by atoms with van der Waals surface area (Å²) in [4.78, 5) is 49.0. The molecular weight excluding hydrogens is 494 g/mol. The normalized spacial score (nSPS) is 19.7. The van der Waals surface area contributed by atoms with Crippen molar-refractivity contribution in [2.75, 3.05) is 19.8 Å². The number of benzene rings is 1. The van der Waals surface area contributed by atoms with Gasteiger partial charge in [0.2, 0.25) is 17.7 Å².